The Kier molecular flexibility index (Phi) is 4.84. The smallest absolute Gasteiger partial charge is 0.185 e. The molecular formula is C19H17ClN2O3S2. The van der Waals surface area contributed by atoms with Crippen LogP contribution in [-0.4, -0.2) is 26.6 Å². The lowest BCUT2D eigenvalue weighted by molar-refractivity contribution is 0.313. The van der Waals surface area contributed by atoms with Crippen LogP contribution < -0.4 is 9.64 Å². The minimum absolute atomic E-state index is 0.108. The fourth-order valence-corrected chi connectivity index (χ4v) is 5.63. The van der Waals surface area contributed by atoms with E-state index in [4.69, 9.17) is 16.3 Å². The number of rotatable bonds is 4. The molecule has 3 aromatic rings. The third-order valence-electron chi connectivity index (χ3n) is 4.40. The Labute approximate surface area is 167 Å². The molecule has 0 N–H and O–H groups in total. The lowest BCUT2D eigenvalue weighted by Gasteiger charge is -2.32. The summed E-state index contributed by atoms with van der Waals surface area (Å²) in [6, 6.07) is 10.8. The summed E-state index contributed by atoms with van der Waals surface area (Å²) in [7, 11) is -3.48. The molecule has 0 saturated heterocycles. The minimum atomic E-state index is -3.48. The average Bonchev–Trinajstić information content (AvgIpc) is 3.13. The number of halogens is 1. The monoisotopic (exact) mass is 420 g/mol. The van der Waals surface area contributed by atoms with Crippen molar-refractivity contribution in [3.05, 3.63) is 63.6 Å². The van der Waals surface area contributed by atoms with Gasteiger partial charge in [0.2, 0.25) is 0 Å². The number of hydrogen-bond donors (Lipinski definition) is 0. The SMILES string of the molecule is Cc1cc(Cl)ccc1N1CCOc2cc(S(=O)(=O)Cc3nccs3)ccc21. The van der Waals surface area contributed by atoms with Crippen LogP contribution in [0.4, 0.5) is 11.4 Å². The van der Waals surface area contributed by atoms with E-state index in [1.54, 1.807) is 29.8 Å². The maximum Gasteiger partial charge on any atom is 0.185 e. The molecule has 0 aliphatic carbocycles. The molecule has 0 unspecified atom stereocenters. The van der Waals surface area contributed by atoms with E-state index < -0.39 is 9.84 Å². The molecule has 1 aliphatic rings. The van der Waals surface area contributed by atoms with Gasteiger partial charge in [-0.05, 0) is 42.8 Å². The van der Waals surface area contributed by atoms with Crippen LogP contribution in [0.3, 0.4) is 0 Å². The number of hydrogen-bond acceptors (Lipinski definition) is 6. The molecule has 0 amide bonds. The first kappa shape index (κ1) is 18.3. The summed E-state index contributed by atoms with van der Waals surface area (Å²) in [6.45, 7) is 3.16. The van der Waals surface area contributed by atoms with Crippen LogP contribution in [0.25, 0.3) is 0 Å². The molecule has 0 bridgehead atoms. The van der Waals surface area contributed by atoms with Crippen molar-refractivity contribution in [3.63, 3.8) is 0 Å². The molecule has 4 rings (SSSR count). The van der Waals surface area contributed by atoms with E-state index in [9.17, 15) is 8.42 Å². The van der Waals surface area contributed by atoms with Gasteiger partial charge < -0.3 is 9.64 Å². The van der Waals surface area contributed by atoms with E-state index in [0.29, 0.717) is 28.9 Å². The first-order chi connectivity index (χ1) is 12.9. The van der Waals surface area contributed by atoms with Crippen LogP contribution in [-0.2, 0) is 15.6 Å². The Hall–Kier alpha value is -2.09. The van der Waals surface area contributed by atoms with Gasteiger partial charge in [0.15, 0.2) is 9.84 Å². The summed E-state index contributed by atoms with van der Waals surface area (Å²) in [5.41, 5.74) is 2.93. The molecular weight excluding hydrogens is 404 g/mol. The summed E-state index contributed by atoms with van der Waals surface area (Å²) in [4.78, 5) is 6.44. The molecule has 0 fully saturated rings. The van der Waals surface area contributed by atoms with Crippen molar-refractivity contribution in [1.82, 2.24) is 4.98 Å². The molecule has 8 heteroatoms. The molecule has 0 radical (unpaired) electrons. The van der Waals surface area contributed by atoms with Crippen molar-refractivity contribution in [2.45, 2.75) is 17.6 Å². The summed E-state index contributed by atoms with van der Waals surface area (Å²) < 4.78 is 31.2. The highest BCUT2D eigenvalue weighted by Gasteiger charge is 2.24. The molecule has 1 aliphatic heterocycles. The predicted molar refractivity (Wildman–Crippen MR) is 108 cm³/mol. The maximum atomic E-state index is 12.7. The van der Waals surface area contributed by atoms with E-state index in [1.165, 1.54) is 11.3 Å². The Bertz CT molecular complexity index is 1080. The van der Waals surface area contributed by atoms with Gasteiger partial charge in [-0.1, -0.05) is 11.6 Å². The predicted octanol–water partition coefficient (Wildman–Crippen LogP) is 4.61. The van der Waals surface area contributed by atoms with Crippen molar-refractivity contribution in [1.29, 1.82) is 0 Å². The standard InChI is InChI=1S/C19H17ClN2O3S2/c1-13-10-14(20)2-4-16(13)22-7-8-25-18-11-15(3-5-17(18)22)27(23,24)12-19-21-6-9-26-19/h2-6,9-11H,7-8,12H2,1H3. The third-order valence-corrected chi connectivity index (χ3v) is 7.22. The van der Waals surface area contributed by atoms with Crippen molar-refractivity contribution in [2.24, 2.45) is 0 Å². The molecule has 140 valence electrons. The van der Waals surface area contributed by atoms with Gasteiger partial charge in [0.1, 0.15) is 23.1 Å². The normalized spacial score (nSPS) is 13.9. The highest BCUT2D eigenvalue weighted by molar-refractivity contribution is 7.90. The number of aromatic nitrogens is 1. The summed E-state index contributed by atoms with van der Waals surface area (Å²) in [5.74, 6) is 0.458. The number of fused-ring (bicyclic) bond motifs is 1. The zero-order chi connectivity index (χ0) is 19.0. The van der Waals surface area contributed by atoms with Gasteiger partial charge in [-0.3, -0.25) is 0 Å². The van der Waals surface area contributed by atoms with Gasteiger partial charge in [-0.2, -0.15) is 0 Å². The summed E-state index contributed by atoms with van der Waals surface area (Å²) >= 11 is 7.40. The van der Waals surface area contributed by atoms with E-state index >= 15 is 0 Å². The second-order valence-corrected chi connectivity index (χ2v) is 9.65. The van der Waals surface area contributed by atoms with Crippen LogP contribution in [0.2, 0.25) is 5.02 Å². The Balaban J connectivity index is 1.70. The zero-order valence-electron chi connectivity index (χ0n) is 14.6. The molecule has 0 saturated carbocycles. The Morgan fingerprint density at radius 2 is 2.04 bits per heavy atom. The fourth-order valence-electron chi connectivity index (χ4n) is 3.14. The lowest BCUT2D eigenvalue weighted by atomic mass is 10.1. The van der Waals surface area contributed by atoms with Gasteiger partial charge in [0, 0.05) is 28.4 Å². The number of nitrogens with zero attached hydrogens (tertiary/aromatic N) is 2. The summed E-state index contributed by atoms with van der Waals surface area (Å²) in [5, 5.41) is 3.04. The van der Waals surface area contributed by atoms with Gasteiger partial charge >= 0.3 is 0 Å². The van der Waals surface area contributed by atoms with Gasteiger partial charge in [0.05, 0.1) is 17.1 Å². The summed E-state index contributed by atoms with van der Waals surface area (Å²) in [6.07, 6.45) is 1.61. The number of anilines is 2. The van der Waals surface area contributed by atoms with Gasteiger partial charge in [-0.25, -0.2) is 13.4 Å². The van der Waals surface area contributed by atoms with E-state index in [2.05, 4.69) is 9.88 Å². The number of ether oxygens (including phenoxy) is 1. The maximum absolute atomic E-state index is 12.7. The number of benzene rings is 2. The first-order valence-electron chi connectivity index (χ1n) is 8.36. The van der Waals surface area contributed by atoms with Crippen molar-refractivity contribution >= 4 is 44.1 Å². The number of thiazole rings is 1. The quantitative estimate of drug-likeness (QED) is 0.616. The highest BCUT2D eigenvalue weighted by atomic mass is 35.5. The van der Waals surface area contributed by atoms with Crippen molar-refractivity contribution < 1.29 is 13.2 Å². The number of aryl methyl sites for hydroxylation is 1. The van der Waals surface area contributed by atoms with Crippen LogP contribution in [0, 0.1) is 6.92 Å². The van der Waals surface area contributed by atoms with Gasteiger partial charge in [-0.15, -0.1) is 11.3 Å². The third kappa shape index (κ3) is 3.67. The lowest BCUT2D eigenvalue weighted by Crippen LogP contribution is -2.29. The van der Waals surface area contributed by atoms with Crippen molar-refractivity contribution in [2.75, 3.05) is 18.1 Å². The molecule has 0 atom stereocenters. The molecule has 2 heterocycles. The first-order valence-corrected chi connectivity index (χ1v) is 11.3. The second kappa shape index (κ2) is 7.14. The van der Waals surface area contributed by atoms with Crippen LogP contribution in [0.15, 0.2) is 52.9 Å². The molecule has 0 spiro atoms. The minimum Gasteiger partial charge on any atom is -0.489 e. The van der Waals surface area contributed by atoms with Crippen LogP contribution in [0.5, 0.6) is 5.75 Å². The van der Waals surface area contributed by atoms with Gasteiger partial charge in [0.25, 0.3) is 0 Å². The Morgan fingerprint density at radius 3 is 2.78 bits per heavy atom. The molecule has 2 aromatic carbocycles. The largest absolute Gasteiger partial charge is 0.489 e. The second-order valence-electron chi connectivity index (χ2n) is 6.25. The molecule has 1 aromatic heterocycles. The van der Waals surface area contributed by atoms with E-state index in [0.717, 1.165) is 16.9 Å². The van der Waals surface area contributed by atoms with Crippen LogP contribution in [0.1, 0.15) is 10.6 Å². The Morgan fingerprint density at radius 1 is 1.22 bits per heavy atom. The van der Waals surface area contributed by atoms with Crippen molar-refractivity contribution in [3.8, 4) is 5.75 Å². The van der Waals surface area contributed by atoms with Crippen LogP contribution >= 0.6 is 22.9 Å². The topological polar surface area (TPSA) is 59.5 Å². The molecule has 5 nitrogen and oxygen atoms in total. The van der Waals surface area contributed by atoms with E-state index in [1.807, 2.05) is 25.1 Å². The fraction of sp³-hybridized carbons (Fsp3) is 0.211. The van der Waals surface area contributed by atoms with E-state index in [-0.39, 0.29) is 10.6 Å². The highest BCUT2D eigenvalue weighted by Crippen LogP contribution is 2.40. The average molecular weight is 421 g/mol. The molecule has 27 heavy (non-hydrogen) atoms. The number of sulfone groups is 1. The zero-order valence-corrected chi connectivity index (χ0v) is 16.9.